The Hall–Kier alpha value is -4.16. The van der Waals surface area contributed by atoms with Crippen LogP contribution >= 0.6 is 0 Å². The van der Waals surface area contributed by atoms with Crippen molar-refractivity contribution in [2.24, 2.45) is 0 Å². The van der Waals surface area contributed by atoms with E-state index in [0.29, 0.717) is 12.1 Å². The first-order chi connectivity index (χ1) is 13.8. The van der Waals surface area contributed by atoms with Gasteiger partial charge in [0.05, 0.1) is 11.1 Å². The molecule has 30 heavy (non-hydrogen) atoms. The number of hydrogen-bond donors (Lipinski definition) is 8. The smallest absolute Gasteiger partial charge is 0.348 e. The normalized spacial score (nSPS) is 14.9. The molecule has 12 heteroatoms. The third-order valence-corrected chi connectivity index (χ3v) is 4.32. The van der Waals surface area contributed by atoms with E-state index < -0.39 is 68.8 Å². The molecule has 8 N–H and O–H groups in total. The van der Waals surface area contributed by atoms with Gasteiger partial charge in [0.15, 0.2) is 23.0 Å². The Morgan fingerprint density at radius 1 is 0.600 bits per heavy atom. The summed E-state index contributed by atoms with van der Waals surface area (Å²) in [4.78, 5) is 49.0. The van der Waals surface area contributed by atoms with E-state index in [9.17, 15) is 60.0 Å². The van der Waals surface area contributed by atoms with Crippen LogP contribution in [-0.4, -0.2) is 75.6 Å². The fourth-order valence-corrected chi connectivity index (χ4v) is 2.65. The summed E-state index contributed by atoms with van der Waals surface area (Å²) < 4.78 is 0. The Bertz CT molecular complexity index is 989. The van der Waals surface area contributed by atoms with Gasteiger partial charge in [0.1, 0.15) is 0 Å². The van der Waals surface area contributed by atoms with E-state index in [-0.39, 0.29) is 0 Å². The van der Waals surface area contributed by atoms with Crippen LogP contribution < -0.4 is 0 Å². The number of Topliss-reactive ketones (excluding diaryl/α,β-unsaturated/α-hetero) is 2. The number of ketones is 2. The van der Waals surface area contributed by atoms with Crippen molar-refractivity contribution in [1.29, 1.82) is 0 Å². The van der Waals surface area contributed by atoms with Crippen molar-refractivity contribution >= 4 is 23.5 Å². The summed E-state index contributed by atoms with van der Waals surface area (Å²) >= 11 is 0. The average Bonchev–Trinajstić information content (AvgIpc) is 2.69. The molecule has 2 rings (SSSR count). The molecule has 0 unspecified atom stereocenters. The summed E-state index contributed by atoms with van der Waals surface area (Å²) in [7, 11) is 0. The van der Waals surface area contributed by atoms with E-state index in [1.165, 1.54) is 0 Å². The second kappa shape index (κ2) is 7.35. The minimum Gasteiger partial charge on any atom is -0.504 e. The van der Waals surface area contributed by atoms with Crippen LogP contribution in [0, 0.1) is 0 Å². The third-order valence-electron chi connectivity index (χ3n) is 4.32. The van der Waals surface area contributed by atoms with Gasteiger partial charge in [-0.2, -0.15) is 0 Å². The zero-order chi connectivity index (χ0) is 23.0. The highest BCUT2D eigenvalue weighted by Gasteiger charge is 2.70. The largest absolute Gasteiger partial charge is 0.504 e. The predicted octanol–water partition coefficient (Wildman–Crippen LogP) is -0.794. The lowest BCUT2D eigenvalue weighted by molar-refractivity contribution is -0.187. The molecular weight excluding hydrogens is 408 g/mol. The van der Waals surface area contributed by atoms with Crippen molar-refractivity contribution in [3.05, 3.63) is 47.5 Å². The molecule has 2 aromatic carbocycles. The number of benzene rings is 2. The number of aromatic hydroxyl groups is 4. The molecule has 2 atom stereocenters. The van der Waals surface area contributed by atoms with Crippen molar-refractivity contribution in [1.82, 2.24) is 0 Å². The Morgan fingerprint density at radius 3 is 1.17 bits per heavy atom. The molecule has 0 saturated carbocycles. The van der Waals surface area contributed by atoms with Crippen LogP contribution in [-0.2, 0) is 9.59 Å². The molecule has 0 aliphatic rings. The maximum Gasteiger partial charge on any atom is 0.348 e. The Kier molecular flexibility index (Phi) is 5.42. The van der Waals surface area contributed by atoms with Gasteiger partial charge in [-0.25, -0.2) is 9.59 Å². The minimum absolute atomic E-state index is 0.684. The van der Waals surface area contributed by atoms with Crippen molar-refractivity contribution < 1.29 is 60.0 Å². The third kappa shape index (κ3) is 2.96. The molecule has 0 radical (unpaired) electrons. The van der Waals surface area contributed by atoms with Crippen molar-refractivity contribution in [3.8, 4) is 23.0 Å². The number of carboxylic acid groups (broad SMARTS) is 2. The van der Waals surface area contributed by atoms with E-state index in [2.05, 4.69) is 0 Å². The van der Waals surface area contributed by atoms with Crippen LogP contribution in [0.2, 0.25) is 0 Å². The maximum atomic E-state index is 12.7. The van der Waals surface area contributed by atoms with E-state index in [4.69, 9.17) is 0 Å². The number of phenols is 4. The lowest BCUT2D eigenvalue weighted by Gasteiger charge is -2.34. The molecule has 0 aliphatic carbocycles. The molecular formula is C18H14O12. The van der Waals surface area contributed by atoms with Gasteiger partial charge in [-0.1, -0.05) is 12.1 Å². The second-order valence-electron chi connectivity index (χ2n) is 6.04. The lowest BCUT2D eigenvalue weighted by Crippen LogP contribution is -2.71. The molecule has 0 amide bonds. The van der Waals surface area contributed by atoms with Gasteiger partial charge in [-0.05, 0) is 24.3 Å². The molecule has 0 bridgehead atoms. The lowest BCUT2D eigenvalue weighted by atomic mass is 9.72. The van der Waals surface area contributed by atoms with Crippen molar-refractivity contribution in [3.63, 3.8) is 0 Å². The Morgan fingerprint density at radius 2 is 0.900 bits per heavy atom. The molecule has 158 valence electrons. The Labute approximate surface area is 166 Å². The number of carboxylic acids is 2. The van der Waals surface area contributed by atoms with Crippen LogP contribution in [0.25, 0.3) is 0 Å². The van der Waals surface area contributed by atoms with Gasteiger partial charge >= 0.3 is 11.9 Å². The molecule has 2 aromatic rings. The van der Waals surface area contributed by atoms with Crippen LogP contribution in [0.5, 0.6) is 23.0 Å². The zero-order valence-electron chi connectivity index (χ0n) is 14.7. The minimum atomic E-state index is -4.45. The molecule has 0 heterocycles. The number of hydrogen-bond acceptors (Lipinski definition) is 10. The first-order valence-corrected chi connectivity index (χ1v) is 7.84. The first kappa shape index (κ1) is 22.1. The summed E-state index contributed by atoms with van der Waals surface area (Å²) in [6.07, 6.45) is 0. The van der Waals surface area contributed by atoms with Crippen molar-refractivity contribution in [2.75, 3.05) is 0 Å². The topological polar surface area (TPSA) is 230 Å². The standard InChI is InChI=1S/C18H14O12/c19-9-5-1-3-7(11(9)21)13(23)17(29,15(25)26)18(30,16(27)28)14(24)8-4-2-6-10(20)12(8)22/h1-6,19-22,29-30H,(H,25,26)(H,27,28)/t17-,18-/m0/s1. The Balaban J connectivity index is 2.83. The molecule has 0 fully saturated rings. The number of rotatable bonds is 7. The SMILES string of the molecule is O=C(O)[C@@](O)(C(=O)c1cccc(O)c1O)[C@@](O)(C(=O)O)C(=O)c1cccc(O)c1O. The van der Waals surface area contributed by atoms with Crippen molar-refractivity contribution in [2.45, 2.75) is 11.2 Å². The molecule has 0 spiro atoms. The summed E-state index contributed by atoms with van der Waals surface area (Å²) in [6.45, 7) is 0. The number of para-hydroxylation sites is 2. The average molecular weight is 422 g/mol. The van der Waals surface area contributed by atoms with E-state index in [0.717, 1.165) is 24.3 Å². The summed E-state index contributed by atoms with van der Waals surface area (Å²) in [6, 6.07) is 4.95. The van der Waals surface area contributed by atoms with Crippen LogP contribution in [0.3, 0.4) is 0 Å². The highest BCUT2D eigenvalue weighted by molar-refractivity contribution is 6.29. The predicted molar refractivity (Wildman–Crippen MR) is 93.4 cm³/mol. The highest BCUT2D eigenvalue weighted by atomic mass is 16.5. The van der Waals surface area contributed by atoms with Gasteiger partial charge in [0.2, 0.25) is 11.6 Å². The van der Waals surface area contributed by atoms with Gasteiger partial charge in [0, 0.05) is 0 Å². The fraction of sp³-hybridized carbons (Fsp3) is 0.111. The zero-order valence-corrected chi connectivity index (χ0v) is 14.7. The van der Waals surface area contributed by atoms with Gasteiger partial charge in [-0.3, -0.25) is 9.59 Å². The molecule has 0 aliphatic heterocycles. The summed E-state index contributed by atoms with van der Waals surface area (Å²) in [5.41, 5.74) is -11.2. The van der Waals surface area contributed by atoms with Crippen LogP contribution in [0.1, 0.15) is 20.7 Å². The summed E-state index contributed by atoms with van der Waals surface area (Å²) in [5.74, 6) is -14.2. The number of carbonyl (C=O) groups is 4. The fourth-order valence-electron chi connectivity index (χ4n) is 2.65. The number of aliphatic carboxylic acids is 2. The number of phenolic OH excluding ortho intramolecular Hbond substituents is 4. The van der Waals surface area contributed by atoms with E-state index >= 15 is 0 Å². The highest BCUT2D eigenvalue weighted by Crippen LogP contribution is 2.39. The molecule has 12 nitrogen and oxygen atoms in total. The van der Waals surface area contributed by atoms with Gasteiger partial charge in [0.25, 0.3) is 11.2 Å². The van der Waals surface area contributed by atoms with Gasteiger partial charge in [-0.15, -0.1) is 0 Å². The monoisotopic (exact) mass is 422 g/mol. The van der Waals surface area contributed by atoms with Gasteiger partial charge < -0.3 is 40.9 Å². The van der Waals surface area contributed by atoms with Crippen LogP contribution in [0.4, 0.5) is 0 Å². The first-order valence-electron chi connectivity index (χ1n) is 7.84. The van der Waals surface area contributed by atoms with E-state index in [1.807, 2.05) is 0 Å². The summed E-state index contributed by atoms with van der Waals surface area (Å²) in [5, 5.41) is 78.5. The second-order valence-corrected chi connectivity index (χ2v) is 6.04. The number of aliphatic hydroxyl groups is 2. The maximum absolute atomic E-state index is 12.7. The number of carbonyl (C=O) groups excluding carboxylic acids is 2. The van der Waals surface area contributed by atoms with E-state index in [1.54, 1.807) is 0 Å². The molecule has 0 aromatic heterocycles. The molecule has 0 saturated heterocycles. The quantitative estimate of drug-likeness (QED) is 0.156. The van der Waals surface area contributed by atoms with Crippen LogP contribution in [0.15, 0.2) is 36.4 Å².